The Balaban J connectivity index is 1.63. The minimum absolute atomic E-state index is 0.0103. The predicted octanol–water partition coefficient (Wildman–Crippen LogP) is 0.717. The largest absolute Gasteiger partial charge is 0.453 e. The molecule has 144 valence electrons. The van der Waals surface area contributed by atoms with Crippen molar-refractivity contribution >= 4 is 33.2 Å². The lowest BCUT2D eigenvalue weighted by Crippen LogP contribution is -2.42. The third-order valence-corrected chi connectivity index (χ3v) is 6.10. The van der Waals surface area contributed by atoms with Crippen LogP contribution in [0, 0.1) is 5.82 Å². The fraction of sp³-hybridized carbons (Fsp3) is 0.412. The molecule has 1 atom stereocenters. The van der Waals surface area contributed by atoms with E-state index >= 15 is 0 Å². The molecule has 2 aliphatic heterocycles. The van der Waals surface area contributed by atoms with E-state index in [1.54, 1.807) is 0 Å². The number of Topliss-reactive ketones (excluding diaryl/α,β-unsaturated/α-hetero) is 1. The second kappa shape index (κ2) is 7.55. The maximum Gasteiger partial charge on any atom is 0.354 e. The fourth-order valence-corrected chi connectivity index (χ4v) is 4.60. The van der Waals surface area contributed by atoms with Crippen LogP contribution < -0.4 is 0 Å². The number of halogens is 1. The van der Waals surface area contributed by atoms with E-state index in [1.165, 1.54) is 12.1 Å². The first kappa shape index (κ1) is 19.2. The van der Waals surface area contributed by atoms with E-state index in [4.69, 9.17) is 4.74 Å². The van der Waals surface area contributed by atoms with E-state index in [-0.39, 0.29) is 48.0 Å². The van der Waals surface area contributed by atoms with Crippen LogP contribution in [0.2, 0.25) is 0 Å². The third kappa shape index (κ3) is 4.57. The lowest BCUT2D eigenvalue weighted by molar-refractivity contribution is -0.136. The van der Waals surface area contributed by atoms with Crippen molar-refractivity contribution < 1.29 is 31.9 Å². The zero-order valence-corrected chi connectivity index (χ0v) is 15.1. The van der Waals surface area contributed by atoms with E-state index in [2.05, 4.69) is 5.10 Å². The van der Waals surface area contributed by atoms with Gasteiger partial charge in [0.15, 0.2) is 22.2 Å². The maximum absolute atomic E-state index is 12.9. The number of hydrazone groups is 1. The van der Waals surface area contributed by atoms with Crippen molar-refractivity contribution in [2.75, 3.05) is 18.1 Å². The van der Waals surface area contributed by atoms with Crippen LogP contribution in [0.4, 0.5) is 4.39 Å². The summed E-state index contributed by atoms with van der Waals surface area (Å²) in [5, 5.41) is 5.02. The number of esters is 1. The van der Waals surface area contributed by atoms with Crippen LogP contribution >= 0.6 is 0 Å². The number of carbonyl (C=O) groups is 3. The van der Waals surface area contributed by atoms with Gasteiger partial charge in [-0.15, -0.1) is 0 Å². The number of hydrogen-bond acceptors (Lipinski definition) is 7. The number of amides is 1. The highest BCUT2D eigenvalue weighted by Crippen LogP contribution is 2.22. The molecular formula is C17H17FN2O6S. The maximum atomic E-state index is 12.9. The first-order valence-corrected chi connectivity index (χ1v) is 10.1. The van der Waals surface area contributed by atoms with Crippen LogP contribution in [0.1, 0.15) is 29.6 Å². The molecule has 10 heteroatoms. The van der Waals surface area contributed by atoms with E-state index in [1.807, 2.05) is 0 Å². The zero-order chi connectivity index (χ0) is 19.6. The Morgan fingerprint density at radius 1 is 1.22 bits per heavy atom. The molecule has 1 aromatic rings. The van der Waals surface area contributed by atoms with Gasteiger partial charge in [-0.2, -0.15) is 5.10 Å². The quantitative estimate of drug-likeness (QED) is 0.536. The second-order valence-corrected chi connectivity index (χ2v) is 8.58. The van der Waals surface area contributed by atoms with Crippen molar-refractivity contribution in [3.8, 4) is 0 Å². The number of benzene rings is 1. The SMILES string of the molecule is O=C(OCC(=O)c1ccc(F)cc1)C1=NN([C@@H]2CCS(=O)(=O)C2)C(=O)CC1. The number of rotatable bonds is 5. The second-order valence-electron chi connectivity index (χ2n) is 6.35. The topological polar surface area (TPSA) is 110 Å². The molecule has 0 saturated carbocycles. The summed E-state index contributed by atoms with van der Waals surface area (Å²) in [5.41, 5.74) is 0.161. The summed E-state index contributed by atoms with van der Waals surface area (Å²) in [7, 11) is -3.21. The highest BCUT2D eigenvalue weighted by molar-refractivity contribution is 7.91. The van der Waals surface area contributed by atoms with Crippen LogP contribution in [0.15, 0.2) is 29.4 Å². The molecule has 0 unspecified atom stereocenters. The van der Waals surface area contributed by atoms with Gasteiger partial charge in [0, 0.05) is 18.4 Å². The van der Waals surface area contributed by atoms with Crippen LogP contribution in [-0.4, -0.2) is 61.0 Å². The number of sulfone groups is 1. The third-order valence-electron chi connectivity index (χ3n) is 4.35. The van der Waals surface area contributed by atoms with Crippen LogP contribution in [0.3, 0.4) is 0 Å². The molecule has 0 aliphatic carbocycles. The van der Waals surface area contributed by atoms with Crippen molar-refractivity contribution in [2.45, 2.75) is 25.3 Å². The summed E-state index contributed by atoms with van der Waals surface area (Å²) in [6, 6.07) is 4.22. The van der Waals surface area contributed by atoms with Crippen molar-refractivity contribution in [3.63, 3.8) is 0 Å². The van der Waals surface area contributed by atoms with E-state index in [0.717, 1.165) is 17.1 Å². The van der Waals surface area contributed by atoms with Gasteiger partial charge in [-0.25, -0.2) is 22.6 Å². The zero-order valence-electron chi connectivity index (χ0n) is 14.3. The fourth-order valence-electron chi connectivity index (χ4n) is 2.91. The molecule has 8 nitrogen and oxygen atoms in total. The number of hydrogen-bond donors (Lipinski definition) is 0. The number of ether oxygens (including phenoxy) is 1. The van der Waals surface area contributed by atoms with Crippen molar-refractivity contribution in [1.29, 1.82) is 0 Å². The van der Waals surface area contributed by atoms with Gasteiger partial charge in [0.25, 0.3) is 0 Å². The van der Waals surface area contributed by atoms with Crippen LogP contribution in [0.25, 0.3) is 0 Å². The molecule has 1 fully saturated rings. The molecule has 1 aromatic carbocycles. The first-order chi connectivity index (χ1) is 12.7. The average Bonchev–Trinajstić information content (AvgIpc) is 3.00. The Labute approximate surface area is 154 Å². The molecule has 0 spiro atoms. The minimum atomic E-state index is -3.21. The summed E-state index contributed by atoms with van der Waals surface area (Å²) < 4.78 is 41.0. The number of ketones is 1. The lowest BCUT2D eigenvalue weighted by atomic mass is 10.1. The standard InChI is InChI=1S/C17H17FN2O6S/c18-12-3-1-11(2-4-12)15(21)9-26-17(23)14-5-6-16(22)20(19-14)13-7-8-27(24,25)10-13/h1-4,13H,5-10H2/t13-/m1/s1. The molecule has 2 heterocycles. The Morgan fingerprint density at radius 3 is 2.56 bits per heavy atom. The van der Waals surface area contributed by atoms with Crippen LogP contribution in [0.5, 0.6) is 0 Å². The molecule has 2 aliphatic rings. The van der Waals surface area contributed by atoms with E-state index < -0.39 is 40.1 Å². The van der Waals surface area contributed by atoms with Crippen molar-refractivity contribution in [2.24, 2.45) is 5.10 Å². The molecule has 1 amide bonds. The molecule has 27 heavy (non-hydrogen) atoms. The Kier molecular flexibility index (Phi) is 5.36. The molecule has 0 bridgehead atoms. The van der Waals surface area contributed by atoms with Gasteiger partial charge < -0.3 is 4.74 Å². The van der Waals surface area contributed by atoms with Gasteiger partial charge in [-0.1, -0.05) is 0 Å². The Hall–Kier alpha value is -2.62. The molecule has 0 radical (unpaired) electrons. The highest BCUT2D eigenvalue weighted by atomic mass is 32.2. The Morgan fingerprint density at radius 2 is 1.93 bits per heavy atom. The lowest BCUT2D eigenvalue weighted by Gasteiger charge is -2.27. The van der Waals surface area contributed by atoms with E-state index in [0.29, 0.717) is 0 Å². The molecule has 3 rings (SSSR count). The summed E-state index contributed by atoms with van der Waals surface area (Å²) in [4.78, 5) is 36.2. The van der Waals surface area contributed by atoms with Gasteiger partial charge in [0.1, 0.15) is 11.5 Å². The molecule has 0 N–H and O–H groups in total. The smallest absolute Gasteiger partial charge is 0.354 e. The van der Waals surface area contributed by atoms with Gasteiger partial charge in [-0.3, -0.25) is 9.59 Å². The summed E-state index contributed by atoms with van der Waals surface area (Å²) >= 11 is 0. The van der Waals surface area contributed by atoms with Gasteiger partial charge in [0.05, 0.1) is 17.5 Å². The molecule has 1 saturated heterocycles. The molecule has 0 aromatic heterocycles. The Bertz CT molecular complexity index is 910. The number of carbonyl (C=O) groups excluding carboxylic acids is 3. The number of nitrogens with zero attached hydrogens (tertiary/aromatic N) is 2. The van der Waals surface area contributed by atoms with Gasteiger partial charge in [-0.05, 0) is 30.7 Å². The normalized spacial score (nSPS) is 21.7. The van der Waals surface area contributed by atoms with Crippen molar-refractivity contribution in [1.82, 2.24) is 5.01 Å². The van der Waals surface area contributed by atoms with E-state index in [9.17, 15) is 27.2 Å². The van der Waals surface area contributed by atoms with Crippen molar-refractivity contribution in [3.05, 3.63) is 35.6 Å². The summed E-state index contributed by atoms with van der Waals surface area (Å²) in [5.74, 6) is -2.40. The minimum Gasteiger partial charge on any atom is -0.453 e. The summed E-state index contributed by atoms with van der Waals surface area (Å²) in [6.07, 6.45) is 0.331. The first-order valence-electron chi connectivity index (χ1n) is 8.31. The summed E-state index contributed by atoms with van der Waals surface area (Å²) in [6.45, 7) is -0.546. The predicted molar refractivity (Wildman–Crippen MR) is 92.3 cm³/mol. The van der Waals surface area contributed by atoms with Crippen LogP contribution in [-0.2, 0) is 24.2 Å². The van der Waals surface area contributed by atoms with Gasteiger partial charge in [0.2, 0.25) is 5.91 Å². The monoisotopic (exact) mass is 396 g/mol. The van der Waals surface area contributed by atoms with Gasteiger partial charge >= 0.3 is 5.97 Å². The average molecular weight is 396 g/mol. The highest BCUT2D eigenvalue weighted by Gasteiger charge is 2.37. The molecular weight excluding hydrogens is 379 g/mol.